The van der Waals surface area contributed by atoms with E-state index in [1.54, 1.807) is 5.57 Å². The van der Waals surface area contributed by atoms with Crippen LogP contribution < -0.4 is 0 Å². The molecule has 0 radical (unpaired) electrons. The normalized spacial score (nSPS) is 19.8. The molecule has 0 aromatic rings. The Balaban J connectivity index is 2.50. The summed E-state index contributed by atoms with van der Waals surface area (Å²) in [6.07, 6.45) is 6.35. The van der Waals surface area contributed by atoms with E-state index in [4.69, 9.17) is 0 Å². The van der Waals surface area contributed by atoms with Crippen LogP contribution in [0.1, 0.15) is 33.1 Å². The highest BCUT2D eigenvalue weighted by Gasteiger charge is 2.14. The van der Waals surface area contributed by atoms with Gasteiger partial charge in [0.25, 0.3) is 0 Å². The van der Waals surface area contributed by atoms with Gasteiger partial charge in [0.2, 0.25) is 0 Å². The SMILES string of the molecule is CCC(CC)C1=CCN(C)CC1. The third kappa shape index (κ3) is 2.34. The molecular formula is C11H21N. The summed E-state index contributed by atoms with van der Waals surface area (Å²) in [7, 11) is 2.19. The molecule has 1 heteroatoms. The van der Waals surface area contributed by atoms with E-state index < -0.39 is 0 Å². The summed E-state index contributed by atoms with van der Waals surface area (Å²) >= 11 is 0. The lowest BCUT2D eigenvalue weighted by Gasteiger charge is -2.26. The number of likely N-dealkylation sites (N-methyl/N-ethyl adjacent to an activating group) is 1. The molecule has 0 aromatic carbocycles. The van der Waals surface area contributed by atoms with Gasteiger partial charge in [-0.3, -0.25) is 0 Å². The fourth-order valence-electron chi connectivity index (χ4n) is 1.97. The van der Waals surface area contributed by atoms with Crippen molar-refractivity contribution in [3.63, 3.8) is 0 Å². The van der Waals surface area contributed by atoms with Crippen molar-refractivity contribution < 1.29 is 0 Å². The second-order valence-corrected chi connectivity index (χ2v) is 3.80. The first-order chi connectivity index (χ1) is 5.77. The van der Waals surface area contributed by atoms with Crippen molar-refractivity contribution in [2.45, 2.75) is 33.1 Å². The van der Waals surface area contributed by atoms with Crippen LogP contribution in [0.25, 0.3) is 0 Å². The zero-order valence-corrected chi connectivity index (χ0v) is 8.64. The first kappa shape index (κ1) is 9.79. The summed E-state index contributed by atoms with van der Waals surface area (Å²) in [4.78, 5) is 2.38. The monoisotopic (exact) mass is 167 g/mol. The lowest BCUT2D eigenvalue weighted by molar-refractivity contribution is 0.344. The molecule has 0 fully saturated rings. The fourth-order valence-corrected chi connectivity index (χ4v) is 1.97. The van der Waals surface area contributed by atoms with E-state index in [0.29, 0.717) is 0 Å². The summed E-state index contributed by atoms with van der Waals surface area (Å²) in [5, 5.41) is 0. The molecule has 1 rings (SSSR count). The second kappa shape index (κ2) is 4.66. The summed E-state index contributed by atoms with van der Waals surface area (Å²) < 4.78 is 0. The van der Waals surface area contributed by atoms with Crippen molar-refractivity contribution in [3.05, 3.63) is 11.6 Å². The van der Waals surface area contributed by atoms with Crippen LogP contribution in [0.3, 0.4) is 0 Å². The maximum absolute atomic E-state index is 2.43. The van der Waals surface area contributed by atoms with E-state index >= 15 is 0 Å². The lowest BCUT2D eigenvalue weighted by atomic mass is 9.89. The summed E-state index contributed by atoms with van der Waals surface area (Å²) in [6.45, 7) is 7.01. The molecule has 1 aliphatic rings. The van der Waals surface area contributed by atoms with Crippen LogP contribution in [-0.4, -0.2) is 25.0 Å². The molecule has 70 valence electrons. The highest BCUT2D eigenvalue weighted by Crippen LogP contribution is 2.24. The van der Waals surface area contributed by atoms with Gasteiger partial charge < -0.3 is 4.90 Å². The van der Waals surface area contributed by atoms with Gasteiger partial charge >= 0.3 is 0 Å². The van der Waals surface area contributed by atoms with Crippen LogP contribution in [0, 0.1) is 5.92 Å². The Morgan fingerprint density at radius 2 is 2.08 bits per heavy atom. The van der Waals surface area contributed by atoms with Crippen LogP contribution in [0.15, 0.2) is 11.6 Å². The molecule has 1 aliphatic heterocycles. The third-order valence-corrected chi connectivity index (χ3v) is 2.96. The molecule has 0 saturated heterocycles. The Bertz CT molecular complexity index is 156. The molecule has 0 unspecified atom stereocenters. The van der Waals surface area contributed by atoms with Gasteiger partial charge in [-0.15, -0.1) is 0 Å². The Labute approximate surface area is 76.5 Å². The highest BCUT2D eigenvalue weighted by molar-refractivity contribution is 5.10. The van der Waals surface area contributed by atoms with Crippen molar-refractivity contribution in [1.82, 2.24) is 4.90 Å². The van der Waals surface area contributed by atoms with Crippen LogP contribution in [-0.2, 0) is 0 Å². The number of hydrogen-bond donors (Lipinski definition) is 0. The Morgan fingerprint density at radius 3 is 2.50 bits per heavy atom. The minimum atomic E-state index is 0.860. The van der Waals surface area contributed by atoms with Gasteiger partial charge in [0.1, 0.15) is 0 Å². The smallest absolute Gasteiger partial charge is 0.0163 e. The van der Waals surface area contributed by atoms with Crippen LogP contribution in [0.4, 0.5) is 0 Å². The third-order valence-electron chi connectivity index (χ3n) is 2.96. The van der Waals surface area contributed by atoms with Crippen molar-refractivity contribution in [2.24, 2.45) is 5.92 Å². The number of hydrogen-bond acceptors (Lipinski definition) is 1. The molecule has 1 heterocycles. The molecule has 0 saturated carbocycles. The predicted octanol–water partition coefficient (Wildman–Crippen LogP) is 2.68. The van der Waals surface area contributed by atoms with E-state index in [1.807, 2.05) is 0 Å². The van der Waals surface area contributed by atoms with E-state index in [2.05, 4.69) is 31.9 Å². The molecule has 0 bridgehead atoms. The molecular weight excluding hydrogens is 146 g/mol. The first-order valence-corrected chi connectivity index (χ1v) is 5.15. The summed E-state index contributed by atoms with van der Waals surface area (Å²) in [5.41, 5.74) is 1.71. The van der Waals surface area contributed by atoms with Crippen molar-refractivity contribution in [3.8, 4) is 0 Å². The van der Waals surface area contributed by atoms with Gasteiger partial charge in [-0.1, -0.05) is 25.5 Å². The molecule has 0 aromatic heterocycles. The Hall–Kier alpha value is -0.300. The predicted molar refractivity (Wildman–Crippen MR) is 54.3 cm³/mol. The molecule has 0 N–H and O–H groups in total. The quantitative estimate of drug-likeness (QED) is 0.584. The van der Waals surface area contributed by atoms with Gasteiger partial charge in [0.15, 0.2) is 0 Å². The second-order valence-electron chi connectivity index (χ2n) is 3.80. The average Bonchev–Trinajstić information content (AvgIpc) is 2.10. The van der Waals surface area contributed by atoms with Gasteiger partial charge in [-0.05, 0) is 32.2 Å². The zero-order chi connectivity index (χ0) is 8.97. The molecule has 0 atom stereocenters. The molecule has 1 nitrogen and oxygen atoms in total. The van der Waals surface area contributed by atoms with Gasteiger partial charge in [0.05, 0.1) is 0 Å². The molecule has 0 spiro atoms. The van der Waals surface area contributed by atoms with Crippen LogP contribution in [0.5, 0.6) is 0 Å². The minimum Gasteiger partial charge on any atom is -0.302 e. The summed E-state index contributed by atoms with van der Waals surface area (Å²) in [5.74, 6) is 0.860. The van der Waals surface area contributed by atoms with E-state index in [-0.39, 0.29) is 0 Å². The maximum Gasteiger partial charge on any atom is 0.0163 e. The van der Waals surface area contributed by atoms with E-state index in [0.717, 1.165) is 12.5 Å². The van der Waals surface area contributed by atoms with E-state index in [1.165, 1.54) is 25.8 Å². The Morgan fingerprint density at radius 1 is 1.42 bits per heavy atom. The number of rotatable bonds is 3. The molecule has 12 heavy (non-hydrogen) atoms. The standard InChI is InChI=1S/C11H21N/c1-4-10(5-2)11-6-8-12(3)9-7-11/h6,10H,4-5,7-9H2,1-3H3. The number of nitrogens with zero attached hydrogens (tertiary/aromatic N) is 1. The van der Waals surface area contributed by atoms with Crippen LogP contribution in [0.2, 0.25) is 0 Å². The lowest BCUT2D eigenvalue weighted by Crippen LogP contribution is -2.25. The van der Waals surface area contributed by atoms with Crippen LogP contribution >= 0.6 is 0 Å². The fraction of sp³-hybridized carbons (Fsp3) is 0.818. The highest BCUT2D eigenvalue weighted by atomic mass is 15.1. The average molecular weight is 167 g/mol. The van der Waals surface area contributed by atoms with Gasteiger partial charge in [0, 0.05) is 13.1 Å². The van der Waals surface area contributed by atoms with Crippen molar-refractivity contribution >= 4 is 0 Å². The molecule has 0 amide bonds. The summed E-state index contributed by atoms with van der Waals surface area (Å²) in [6, 6.07) is 0. The molecule has 0 aliphatic carbocycles. The first-order valence-electron chi connectivity index (χ1n) is 5.15. The Kier molecular flexibility index (Phi) is 3.80. The van der Waals surface area contributed by atoms with Crippen molar-refractivity contribution in [2.75, 3.05) is 20.1 Å². The maximum atomic E-state index is 2.43. The van der Waals surface area contributed by atoms with E-state index in [9.17, 15) is 0 Å². The van der Waals surface area contributed by atoms with Gasteiger partial charge in [-0.25, -0.2) is 0 Å². The topological polar surface area (TPSA) is 3.24 Å². The zero-order valence-electron chi connectivity index (χ0n) is 8.64. The van der Waals surface area contributed by atoms with Gasteiger partial charge in [-0.2, -0.15) is 0 Å². The minimum absolute atomic E-state index is 0.860. The largest absolute Gasteiger partial charge is 0.302 e. The van der Waals surface area contributed by atoms with Crippen molar-refractivity contribution in [1.29, 1.82) is 0 Å².